The number of hydrogen-bond donors (Lipinski definition) is 1. The highest BCUT2D eigenvalue weighted by atomic mass is 79.9. The molecule has 0 fully saturated rings. The van der Waals surface area contributed by atoms with Crippen LogP contribution in [0.4, 0.5) is 0 Å². The highest BCUT2D eigenvalue weighted by Gasteiger charge is 2.29. The summed E-state index contributed by atoms with van der Waals surface area (Å²) >= 11 is 3.32. The van der Waals surface area contributed by atoms with Gasteiger partial charge in [0.15, 0.2) is 9.84 Å². The molecule has 1 N–H and O–H groups in total. The second kappa shape index (κ2) is 7.05. The molecule has 0 aromatic heterocycles. The van der Waals surface area contributed by atoms with E-state index in [9.17, 15) is 8.42 Å². The summed E-state index contributed by atoms with van der Waals surface area (Å²) in [5.74, 6) is 0.123. The number of rotatable bonds is 6. The van der Waals surface area contributed by atoms with Gasteiger partial charge in [-0.1, -0.05) is 43.6 Å². The van der Waals surface area contributed by atoms with Crippen molar-refractivity contribution >= 4 is 25.8 Å². The monoisotopic (exact) mass is 361 g/mol. The van der Waals surface area contributed by atoms with Gasteiger partial charge in [0, 0.05) is 10.5 Å². The van der Waals surface area contributed by atoms with Gasteiger partial charge in [-0.3, -0.25) is 0 Å². The van der Waals surface area contributed by atoms with E-state index in [-0.39, 0.29) is 17.2 Å². The zero-order chi connectivity index (χ0) is 15.4. The van der Waals surface area contributed by atoms with Crippen LogP contribution in [0.2, 0.25) is 0 Å². The summed E-state index contributed by atoms with van der Waals surface area (Å²) < 4.78 is 25.9. The van der Waals surface area contributed by atoms with E-state index in [4.69, 9.17) is 0 Å². The fourth-order valence-electron chi connectivity index (χ4n) is 1.89. The van der Waals surface area contributed by atoms with Gasteiger partial charge in [-0.05, 0) is 42.6 Å². The van der Waals surface area contributed by atoms with Crippen LogP contribution in [0.3, 0.4) is 0 Å². The molecule has 5 heteroatoms. The summed E-state index contributed by atoms with van der Waals surface area (Å²) in [6.07, 6.45) is 0.991. The molecule has 0 spiro atoms. The zero-order valence-electron chi connectivity index (χ0n) is 12.6. The topological polar surface area (TPSA) is 46.2 Å². The van der Waals surface area contributed by atoms with Crippen molar-refractivity contribution in [2.24, 2.45) is 5.41 Å². The smallest absolute Gasteiger partial charge is 0.179 e. The number of halogens is 1. The molecule has 0 saturated heterocycles. The molecule has 0 aliphatic heterocycles. The number of benzene rings is 1. The van der Waals surface area contributed by atoms with Crippen LogP contribution < -0.4 is 5.32 Å². The van der Waals surface area contributed by atoms with Crippen molar-refractivity contribution in [3.8, 4) is 0 Å². The molecule has 114 valence electrons. The average molecular weight is 362 g/mol. The highest BCUT2D eigenvalue weighted by molar-refractivity contribution is 9.10. The van der Waals surface area contributed by atoms with Crippen LogP contribution in [0.25, 0.3) is 0 Å². The quantitative estimate of drug-likeness (QED) is 0.841. The average Bonchev–Trinajstić information content (AvgIpc) is 2.33. The molecule has 0 radical (unpaired) electrons. The Bertz CT molecular complexity index is 518. The highest BCUT2D eigenvalue weighted by Crippen LogP contribution is 2.24. The Kier molecular flexibility index (Phi) is 6.23. The molecule has 3 nitrogen and oxygen atoms in total. The maximum absolute atomic E-state index is 12.5. The molecule has 20 heavy (non-hydrogen) atoms. The van der Waals surface area contributed by atoms with Gasteiger partial charge in [0.25, 0.3) is 0 Å². The van der Waals surface area contributed by atoms with Crippen molar-refractivity contribution in [2.75, 3.05) is 12.3 Å². The molecule has 0 saturated carbocycles. The van der Waals surface area contributed by atoms with Crippen LogP contribution in [-0.2, 0) is 9.84 Å². The van der Waals surface area contributed by atoms with E-state index in [1.807, 2.05) is 0 Å². The van der Waals surface area contributed by atoms with Crippen molar-refractivity contribution in [2.45, 2.75) is 45.1 Å². The predicted octanol–water partition coefficient (Wildman–Crippen LogP) is 3.64. The first-order chi connectivity index (χ1) is 9.16. The largest absolute Gasteiger partial charge is 0.312 e. The third-order valence-electron chi connectivity index (χ3n) is 3.24. The lowest BCUT2D eigenvalue weighted by Crippen LogP contribution is -2.45. The fourth-order valence-corrected chi connectivity index (χ4v) is 3.96. The lowest BCUT2D eigenvalue weighted by molar-refractivity contribution is 0.288. The third kappa shape index (κ3) is 5.19. The van der Waals surface area contributed by atoms with Crippen molar-refractivity contribution in [3.05, 3.63) is 28.7 Å². The van der Waals surface area contributed by atoms with Gasteiger partial charge in [0.1, 0.15) is 0 Å². The SMILES string of the molecule is CCCNC(CS(=O)(=O)c1ccc(Br)cc1)C(C)(C)C. The van der Waals surface area contributed by atoms with E-state index in [0.717, 1.165) is 17.4 Å². The van der Waals surface area contributed by atoms with Gasteiger partial charge in [0.2, 0.25) is 0 Å². The Balaban J connectivity index is 2.93. The second-order valence-corrected chi connectivity index (χ2v) is 9.06. The first-order valence-electron chi connectivity index (χ1n) is 6.88. The van der Waals surface area contributed by atoms with E-state index >= 15 is 0 Å². The lowest BCUT2D eigenvalue weighted by atomic mass is 9.88. The van der Waals surface area contributed by atoms with Gasteiger partial charge >= 0.3 is 0 Å². The van der Waals surface area contributed by atoms with Crippen LogP contribution in [0.15, 0.2) is 33.6 Å². The Morgan fingerprint density at radius 1 is 1.20 bits per heavy atom. The van der Waals surface area contributed by atoms with Crippen molar-refractivity contribution in [3.63, 3.8) is 0 Å². The summed E-state index contributed by atoms with van der Waals surface area (Å²) in [5, 5.41) is 3.36. The summed E-state index contributed by atoms with van der Waals surface area (Å²) in [7, 11) is -3.27. The first kappa shape index (κ1) is 17.7. The molecule has 1 rings (SSSR count). The lowest BCUT2D eigenvalue weighted by Gasteiger charge is -2.31. The van der Waals surface area contributed by atoms with Crippen LogP contribution >= 0.6 is 15.9 Å². The molecule has 1 aromatic carbocycles. The molecular formula is C15H24BrNO2S. The molecule has 0 aliphatic carbocycles. The summed E-state index contributed by atoms with van der Waals surface area (Å²) in [6, 6.07) is 6.77. The van der Waals surface area contributed by atoms with E-state index in [1.54, 1.807) is 24.3 Å². The Hall–Kier alpha value is -0.390. The second-order valence-electron chi connectivity index (χ2n) is 6.11. The number of sulfone groups is 1. The molecule has 0 bridgehead atoms. The van der Waals surface area contributed by atoms with E-state index in [1.165, 1.54) is 0 Å². The Morgan fingerprint density at radius 2 is 1.75 bits per heavy atom. The minimum Gasteiger partial charge on any atom is -0.312 e. The van der Waals surface area contributed by atoms with Crippen LogP contribution in [-0.4, -0.2) is 26.8 Å². The van der Waals surface area contributed by atoms with Gasteiger partial charge in [-0.15, -0.1) is 0 Å². The maximum atomic E-state index is 12.5. The first-order valence-corrected chi connectivity index (χ1v) is 9.33. The number of hydrogen-bond acceptors (Lipinski definition) is 3. The van der Waals surface area contributed by atoms with Crippen LogP contribution in [0.5, 0.6) is 0 Å². The Morgan fingerprint density at radius 3 is 2.20 bits per heavy atom. The van der Waals surface area contributed by atoms with Crippen molar-refractivity contribution in [1.82, 2.24) is 5.32 Å². The number of nitrogens with one attached hydrogen (secondary N) is 1. The molecule has 1 unspecified atom stereocenters. The van der Waals surface area contributed by atoms with E-state index in [2.05, 4.69) is 48.9 Å². The summed E-state index contributed by atoms with van der Waals surface area (Å²) in [4.78, 5) is 0.383. The molecule has 1 atom stereocenters. The van der Waals surface area contributed by atoms with E-state index in [0.29, 0.717) is 4.90 Å². The molecule has 1 aromatic rings. The summed E-state index contributed by atoms with van der Waals surface area (Å²) in [6.45, 7) is 9.11. The van der Waals surface area contributed by atoms with Gasteiger partial charge in [0.05, 0.1) is 10.6 Å². The minimum atomic E-state index is -3.27. The maximum Gasteiger partial charge on any atom is 0.179 e. The molecular weight excluding hydrogens is 338 g/mol. The van der Waals surface area contributed by atoms with Crippen LogP contribution in [0.1, 0.15) is 34.1 Å². The predicted molar refractivity (Wildman–Crippen MR) is 87.7 cm³/mol. The van der Waals surface area contributed by atoms with Crippen molar-refractivity contribution < 1.29 is 8.42 Å². The standard InChI is InChI=1S/C15H24BrNO2S/c1-5-10-17-14(15(2,3)4)11-20(18,19)13-8-6-12(16)7-9-13/h6-9,14,17H,5,10-11H2,1-4H3. The van der Waals surface area contributed by atoms with Gasteiger partial charge < -0.3 is 5.32 Å². The van der Waals surface area contributed by atoms with Gasteiger partial charge in [-0.25, -0.2) is 8.42 Å². The fraction of sp³-hybridized carbons (Fsp3) is 0.600. The van der Waals surface area contributed by atoms with Crippen molar-refractivity contribution in [1.29, 1.82) is 0 Å². The summed E-state index contributed by atoms with van der Waals surface area (Å²) in [5.41, 5.74) is -0.0996. The van der Waals surface area contributed by atoms with Gasteiger partial charge in [-0.2, -0.15) is 0 Å². The molecule has 0 heterocycles. The minimum absolute atomic E-state index is 0.0592. The van der Waals surface area contributed by atoms with Crippen LogP contribution in [0, 0.1) is 5.41 Å². The van der Waals surface area contributed by atoms with E-state index < -0.39 is 9.84 Å². The third-order valence-corrected chi connectivity index (χ3v) is 5.54. The normalized spacial score (nSPS) is 14.2. The Labute approximate surface area is 131 Å². The zero-order valence-corrected chi connectivity index (χ0v) is 15.0. The molecule has 0 amide bonds. The molecule has 0 aliphatic rings.